The Balaban J connectivity index is 0.00000211. The predicted molar refractivity (Wildman–Crippen MR) is 87.2 cm³/mol. The van der Waals surface area contributed by atoms with Crippen molar-refractivity contribution >= 4 is 11.8 Å². The molecule has 0 aliphatic rings. The molecule has 1 aromatic carbocycles. The van der Waals surface area contributed by atoms with E-state index in [9.17, 15) is 13.2 Å². The van der Waals surface area contributed by atoms with Crippen LogP contribution >= 0.6 is 11.8 Å². The molecular formula is C16H26F3NOS. The van der Waals surface area contributed by atoms with Gasteiger partial charge < -0.3 is 10.5 Å². The van der Waals surface area contributed by atoms with E-state index in [-0.39, 0.29) is 22.7 Å². The SMILES string of the molecule is CC.COC[C@H](N)CCCc1cc(C)cc(SC(F)(F)F)c1. The maximum atomic E-state index is 12.4. The summed E-state index contributed by atoms with van der Waals surface area (Å²) in [6, 6.07) is 5.06. The Bertz CT molecular complexity index is 424. The summed E-state index contributed by atoms with van der Waals surface area (Å²) in [5, 5.41) is 0. The van der Waals surface area contributed by atoms with Gasteiger partial charge in [-0.25, -0.2) is 0 Å². The van der Waals surface area contributed by atoms with Crippen molar-refractivity contribution in [2.45, 2.75) is 56.5 Å². The molecule has 0 aliphatic carbocycles. The molecule has 0 radical (unpaired) electrons. The summed E-state index contributed by atoms with van der Waals surface area (Å²) < 4.78 is 42.1. The van der Waals surface area contributed by atoms with Crippen LogP contribution in [0.25, 0.3) is 0 Å². The highest BCUT2D eigenvalue weighted by molar-refractivity contribution is 8.00. The number of hydrogen-bond donors (Lipinski definition) is 1. The number of thioether (sulfide) groups is 1. The first-order valence-corrected chi connectivity index (χ1v) is 8.22. The molecule has 0 fully saturated rings. The van der Waals surface area contributed by atoms with Crippen LogP contribution in [-0.2, 0) is 11.2 Å². The zero-order chi connectivity index (χ0) is 17.2. The number of ether oxygens (including phenoxy) is 1. The second kappa shape index (κ2) is 10.9. The minimum absolute atomic E-state index is 0.0196. The first-order valence-electron chi connectivity index (χ1n) is 7.41. The minimum Gasteiger partial charge on any atom is -0.383 e. The number of halogens is 3. The normalized spacial score (nSPS) is 12.5. The molecule has 0 aliphatic heterocycles. The standard InChI is InChI=1S/C14H20F3NOS.C2H6/c1-10-6-11(4-3-5-12(18)9-19-2)8-13(7-10)20-14(15,16)17;1-2/h6-8,12H,3-5,9,18H2,1-2H3;1-2H3/t12-;/m1./s1. The third-order valence-electron chi connectivity index (χ3n) is 2.77. The van der Waals surface area contributed by atoms with Gasteiger partial charge in [-0.05, 0) is 61.2 Å². The Morgan fingerprint density at radius 2 is 1.86 bits per heavy atom. The van der Waals surface area contributed by atoms with Crippen LogP contribution in [0, 0.1) is 6.92 Å². The number of alkyl halides is 3. The molecule has 0 bridgehead atoms. The fourth-order valence-corrected chi connectivity index (χ4v) is 2.75. The highest BCUT2D eigenvalue weighted by atomic mass is 32.2. The average molecular weight is 337 g/mol. The number of methoxy groups -OCH3 is 1. The number of aryl methyl sites for hydroxylation is 2. The Morgan fingerprint density at radius 3 is 2.41 bits per heavy atom. The average Bonchev–Trinajstić information content (AvgIpc) is 2.38. The summed E-state index contributed by atoms with van der Waals surface area (Å²) in [6.45, 7) is 6.31. The molecule has 2 N–H and O–H groups in total. The molecule has 0 saturated heterocycles. The lowest BCUT2D eigenvalue weighted by Gasteiger charge is -2.11. The van der Waals surface area contributed by atoms with Crippen LogP contribution in [0.4, 0.5) is 13.2 Å². The van der Waals surface area contributed by atoms with Crippen molar-refractivity contribution in [3.63, 3.8) is 0 Å². The van der Waals surface area contributed by atoms with Gasteiger partial charge in [0.2, 0.25) is 0 Å². The van der Waals surface area contributed by atoms with Crippen molar-refractivity contribution in [3.8, 4) is 0 Å². The van der Waals surface area contributed by atoms with Gasteiger partial charge in [-0.15, -0.1) is 0 Å². The molecule has 1 rings (SSSR count). The third kappa shape index (κ3) is 10.1. The molecule has 22 heavy (non-hydrogen) atoms. The van der Waals surface area contributed by atoms with E-state index >= 15 is 0 Å². The lowest BCUT2D eigenvalue weighted by Crippen LogP contribution is -2.25. The zero-order valence-electron chi connectivity index (χ0n) is 13.7. The van der Waals surface area contributed by atoms with Gasteiger partial charge in [-0.2, -0.15) is 13.2 Å². The summed E-state index contributed by atoms with van der Waals surface area (Å²) in [5.74, 6) is 0. The smallest absolute Gasteiger partial charge is 0.383 e. The second-order valence-electron chi connectivity index (χ2n) is 4.81. The summed E-state index contributed by atoms with van der Waals surface area (Å²) >= 11 is -0.0677. The van der Waals surface area contributed by atoms with Gasteiger partial charge in [-0.3, -0.25) is 0 Å². The third-order valence-corrected chi connectivity index (χ3v) is 3.47. The van der Waals surface area contributed by atoms with E-state index < -0.39 is 5.51 Å². The number of hydrogen-bond acceptors (Lipinski definition) is 3. The molecule has 0 heterocycles. The van der Waals surface area contributed by atoms with E-state index in [2.05, 4.69) is 0 Å². The Labute approximate surface area is 135 Å². The fourth-order valence-electron chi connectivity index (χ4n) is 2.03. The number of rotatable bonds is 7. The number of nitrogens with two attached hydrogens (primary N) is 1. The first-order chi connectivity index (χ1) is 10.3. The van der Waals surface area contributed by atoms with Crippen molar-refractivity contribution in [1.29, 1.82) is 0 Å². The summed E-state index contributed by atoms with van der Waals surface area (Å²) in [5.41, 5.74) is 3.33. The van der Waals surface area contributed by atoms with E-state index in [1.807, 2.05) is 19.9 Å². The number of benzene rings is 1. The molecule has 2 nitrogen and oxygen atoms in total. The Hall–Kier alpha value is -0.720. The lowest BCUT2D eigenvalue weighted by molar-refractivity contribution is -0.0328. The van der Waals surface area contributed by atoms with E-state index in [1.54, 1.807) is 26.2 Å². The Kier molecular flexibility index (Phi) is 10.6. The van der Waals surface area contributed by atoms with Crippen molar-refractivity contribution in [3.05, 3.63) is 29.3 Å². The van der Waals surface area contributed by atoms with Gasteiger partial charge in [0.1, 0.15) is 0 Å². The van der Waals surface area contributed by atoms with Gasteiger partial charge in [0.05, 0.1) is 6.61 Å². The van der Waals surface area contributed by atoms with Crippen LogP contribution < -0.4 is 5.73 Å². The maximum absolute atomic E-state index is 12.4. The molecule has 0 saturated carbocycles. The second-order valence-corrected chi connectivity index (χ2v) is 5.95. The van der Waals surface area contributed by atoms with Crippen molar-refractivity contribution in [2.24, 2.45) is 5.73 Å². The van der Waals surface area contributed by atoms with Crippen LogP contribution in [0.1, 0.15) is 37.8 Å². The maximum Gasteiger partial charge on any atom is 0.446 e. The van der Waals surface area contributed by atoms with E-state index in [0.29, 0.717) is 6.61 Å². The van der Waals surface area contributed by atoms with Crippen LogP contribution in [-0.4, -0.2) is 25.3 Å². The summed E-state index contributed by atoms with van der Waals surface area (Å²) in [6.07, 6.45) is 2.36. The fraction of sp³-hybridized carbons (Fsp3) is 0.625. The van der Waals surface area contributed by atoms with Crippen LogP contribution in [0.15, 0.2) is 23.1 Å². The molecule has 0 unspecified atom stereocenters. The summed E-state index contributed by atoms with van der Waals surface area (Å²) in [7, 11) is 1.60. The van der Waals surface area contributed by atoms with Crippen molar-refractivity contribution in [1.82, 2.24) is 0 Å². The van der Waals surface area contributed by atoms with Gasteiger partial charge in [-0.1, -0.05) is 19.9 Å². The first kappa shape index (κ1) is 21.3. The monoisotopic (exact) mass is 337 g/mol. The van der Waals surface area contributed by atoms with Crippen molar-refractivity contribution in [2.75, 3.05) is 13.7 Å². The van der Waals surface area contributed by atoms with Gasteiger partial charge in [0, 0.05) is 18.0 Å². The van der Waals surface area contributed by atoms with Crippen LogP contribution in [0.3, 0.4) is 0 Å². The van der Waals surface area contributed by atoms with E-state index in [0.717, 1.165) is 30.4 Å². The molecule has 0 amide bonds. The van der Waals surface area contributed by atoms with Gasteiger partial charge >= 0.3 is 5.51 Å². The topological polar surface area (TPSA) is 35.2 Å². The van der Waals surface area contributed by atoms with Crippen LogP contribution in [0.5, 0.6) is 0 Å². The molecular weight excluding hydrogens is 311 g/mol. The predicted octanol–water partition coefficient (Wildman–Crippen LogP) is 4.93. The lowest BCUT2D eigenvalue weighted by atomic mass is 10.0. The van der Waals surface area contributed by atoms with E-state index in [1.165, 1.54) is 0 Å². The largest absolute Gasteiger partial charge is 0.446 e. The van der Waals surface area contributed by atoms with Crippen LogP contribution in [0.2, 0.25) is 0 Å². The van der Waals surface area contributed by atoms with Gasteiger partial charge in [0.25, 0.3) is 0 Å². The molecule has 0 aromatic heterocycles. The minimum atomic E-state index is -4.24. The molecule has 1 aromatic rings. The molecule has 6 heteroatoms. The molecule has 1 atom stereocenters. The van der Waals surface area contributed by atoms with E-state index in [4.69, 9.17) is 10.5 Å². The zero-order valence-corrected chi connectivity index (χ0v) is 14.5. The molecule has 0 spiro atoms. The molecule has 128 valence electrons. The van der Waals surface area contributed by atoms with Gasteiger partial charge in [0.15, 0.2) is 0 Å². The van der Waals surface area contributed by atoms with Crippen molar-refractivity contribution < 1.29 is 17.9 Å². The Morgan fingerprint density at radius 1 is 1.23 bits per heavy atom. The highest BCUT2D eigenvalue weighted by Gasteiger charge is 2.29. The highest BCUT2D eigenvalue weighted by Crippen LogP contribution is 2.37. The quantitative estimate of drug-likeness (QED) is 0.717. The summed E-state index contributed by atoms with van der Waals surface area (Å²) in [4.78, 5) is 0.244.